The van der Waals surface area contributed by atoms with Gasteiger partial charge in [-0.25, -0.2) is 0 Å². The monoisotopic (exact) mass is 469 g/mol. The third-order valence-corrected chi connectivity index (χ3v) is 5.92. The molecular formula is C23H24ClN5O2S. The Balaban J connectivity index is 1.62. The van der Waals surface area contributed by atoms with Crippen molar-refractivity contribution in [3.8, 4) is 0 Å². The number of nitrogens with one attached hydrogen (secondary N) is 2. The topological polar surface area (TPSA) is 88.9 Å². The number of carbonyl (C=O) groups is 2. The second-order valence-electron chi connectivity index (χ2n) is 7.12. The van der Waals surface area contributed by atoms with Crippen LogP contribution in [0.25, 0.3) is 0 Å². The summed E-state index contributed by atoms with van der Waals surface area (Å²) in [5.74, 6) is 0.297. The first-order valence-corrected chi connectivity index (χ1v) is 11.3. The summed E-state index contributed by atoms with van der Waals surface area (Å²) in [6.45, 7) is 8.35. The van der Waals surface area contributed by atoms with Crippen molar-refractivity contribution in [2.45, 2.75) is 32.1 Å². The van der Waals surface area contributed by atoms with Crippen LogP contribution in [0, 0.1) is 13.8 Å². The van der Waals surface area contributed by atoms with Crippen molar-refractivity contribution < 1.29 is 9.59 Å². The van der Waals surface area contributed by atoms with Gasteiger partial charge in [-0.2, -0.15) is 0 Å². The molecule has 2 N–H and O–H groups in total. The molecule has 0 aliphatic rings. The molecule has 1 heterocycles. The summed E-state index contributed by atoms with van der Waals surface area (Å²) in [4.78, 5) is 24.8. The highest BCUT2D eigenvalue weighted by molar-refractivity contribution is 7.99. The van der Waals surface area contributed by atoms with Gasteiger partial charge in [0.05, 0.1) is 22.9 Å². The number of aromatic nitrogens is 3. The first-order chi connectivity index (χ1) is 15.4. The summed E-state index contributed by atoms with van der Waals surface area (Å²) in [5, 5.41) is 15.0. The molecule has 32 heavy (non-hydrogen) atoms. The Bertz CT molecular complexity index is 1150. The number of amides is 2. The lowest BCUT2D eigenvalue weighted by Gasteiger charge is -2.10. The van der Waals surface area contributed by atoms with Crippen molar-refractivity contribution in [1.29, 1.82) is 0 Å². The summed E-state index contributed by atoms with van der Waals surface area (Å²) in [6.07, 6.45) is 1.71. The lowest BCUT2D eigenvalue weighted by molar-refractivity contribution is -0.113. The predicted octanol–water partition coefficient (Wildman–Crippen LogP) is 4.40. The number of aryl methyl sites for hydroxylation is 2. The minimum Gasteiger partial charge on any atom is -0.345 e. The van der Waals surface area contributed by atoms with E-state index in [1.54, 1.807) is 30.3 Å². The smallest absolute Gasteiger partial charge is 0.253 e. The Kier molecular flexibility index (Phi) is 8.08. The van der Waals surface area contributed by atoms with Crippen LogP contribution in [0.3, 0.4) is 0 Å². The molecule has 0 atom stereocenters. The molecule has 0 aliphatic heterocycles. The van der Waals surface area contributed by atoms with E-state index in [0.717, 1.165) is 16.8 Å². The summed E-state index contributed by atoms with van der Waals surface area (Å²) < 4.78 is 1.81. The Morgan fingerprint density at radius 3 is 2.69 bits per heavy atom. The Hall–Kier alpha value is -3.10. The summed E-state index contributed by atoms with van der Waals surface area (Å²) in [5.41, 5.74) is 3.33. The molecule has 3 rings (SSSR count). The second kappa shape index (κ2) is 11.0. The third-order valence-electron chi connectivity index (χ3n) is 4.62. The molecule has 0 saturated carbocycles. The molecule has 0 bridgehead atoms. The van der Waals surface area contributed by atoms with Crippen LogP contribution >= 0.6 is 23.4 Å². The van der Waals surface area contributed by atoms with Gasteiger partial charge in [-0.1, -0.05) is 59.3 Å². The van der Waals surface area contributed by atoms with E-state index in [0.29, 0.717) is 28.1 Å². The van der Waals surface area contributed by atoms with E-state index in [2.05, 4.69) is 27.4 Å². The maximum atomic E-state index is 12.4. The van der Waals surface area contributed by atoms with Gasteiger partial charge in [-0.15, -0.1) is 16.8 Å². The van der Waals surface area contributed by atoms with Gasteiger partial charge < -0.3 is 15.2 Å². The van der Waals surface area contributed by atoms with E-state index >= 15 is 0 Å². The van der Waals surface area contributed by atoms with E-state index < -0.39 is 0 Å². The zero-order valence-electron chi connectivity index (χ0n) is 17.9. The lowest BCUT2D eigenvalue weighted by atomic mass is 10.1. The van der Waals surface area contributed by atoms with Gasteiger partial charge in [0.2, 0.25) is 5.91 Å². The molecule has 0 radical (unpaired) electrons. The number of halogens is 1. The number of rotatable bonds is 9. The van der Waals surface area contributed by atoms with Crippen LogP contribution in [0.5, 0.6) is 0 Å². The molecule has 7 nitrogen and oxygen atoms in total. The van der Waals surface area contributed by atoms with Crippen LogP contribution in [0.4, 0.5) is 5.69 Å². The van der Waals surface area contributed by atoms with Gasteiger partial charge in [-0.3, -0.25) is 9.59 Å². The molecule has 2 aromatic carbocycles. The fourth-order valence-corrected chi connectivity index (χ4v) is 4.03. The van der Waals surface area contributed by atoms with Crippen molar-refractivity contribution >= 4 is 40.9 Å². The van der Waals surface area contributed by atoms with E-state index in [-0.39, 0.29) is 24.1 Å². The fraction of sp³-hybridized carbons (Fsp3) is 0.217. The van der Waals surface area contributed by atoms with Crippen molar-refractivity contribution in [2.75, 3.05) is 11.1 Å². The summed E-state index contributed by atoms with van der Waals surface area (Å²) in [6, 6.07) is 12.7. The van der Waals surface area contributed by atoms with E-state index in [9.17, 15) is 9.59 Å². The minimum atomic E-state index is -0.300. The van der Waals surface area contributed by atoms with Crippen molar-refractivity contribution in [3.05, 3.63) is 82.7 Å². The highest BCUT2D eigenvalue weighted by atomic mass is 35.5. The van der Waals surface area contributed by atoms with Crippen LogP contribution in [0.2, 0.25) is 5.02 Å². The molecule has 0 spiro atoms. The van der Waals surface area contributed by atoms with Gasteiger partial charge in [0, 0.05) is 12.2 Å². The van der Waals surface area contributed by atoms with Gasteiger partial charge in [0.1, 0.15) is 0 Å². The van der Waals surface area contributed by atoms with Crippen molar-refractivity contribution in [3.63, 3.8) is 0 Å². The molecule has 0 unspecified atom stereocenters. The van der Waals surface area contributed by atoms with E-state index in [4.69, 9.17) is 11.6 Å². The number of thioether (sulfide) groups is 1. The van der Waals surface area contributed by atoms with Crippen LogP contribution in [-0.2, 0) is 17.9 Å². The molecule has 0 aliphatic carbocycles. The number of anilines is 1. The standard InChI is InChI=1S/C23H24ClN5O2S/c1-4-11-29-20(13-25-22(31)17-7-5-6-8-18(17)24)27-28-23(29)32-14-21(30)26-19-10-9-15(2)12-16(19)3/h4-10,12H,1,11,13-14H2,2-3H3,(H,25,31)(H,26,30). The SMILES string of the molecule is C=CCn1c(CNC(=O)c2ccccc2Cl)nnc1SCC(=O)Nc1ccc(C)cc1C. The van der Waals surface area contributed by atoms with Crippen molar-refractivity contribution in [1.82, 2.24) is 20.1 Å². The van der Waals surface area contributed by atoms with Crippen LogP contribution in [0.15, 0.2) is 60.3 Å². The second-order valence-corrected chi connectivity index (χ2v) is 8.47. The van der Waals surface area contributed by atoms with Gasteiger partial charge in [-0.05, 0) is 37.6 Å². The highest BCUT2D eigenvalue weighted by Crippen LogP contribution is 2.20. The zero-order valence-corrected chi connectivity index (χ0v) is 19.5. The molecular weight excluding hydrogens is 446 g/mol. The fourth-order valence-electron chi connectivity index (χ4n) is 3.04. The number of allylic oxidation sites excluding steroid dienone is 1. The first-order valence-electron chi connectivity index (χ1n) is 9.94. The number of benzene rings is 2. The average molecular weight is 470 g/mol. The summed E-state index contributed by atoms with van der Waals surface area (Å²) in [7, 11) is 0. The molecule has 166 valence electrons. The van der Waals surface area contributed by atoms with Crippen LogP contribution in [-0.4, -0.2) is 32.3 Å². The molecule has 0 fully saturated rings. The van der Waals surface area contributed by atoms with E-state index in [1.807, 2.05) is 36.6 Å². The van der Waals surface area contributed by atoms with Gasteiger partial charge in [0.25, 0.3) is 5.91 Å². The molecule has 9 heteroatoms. The number of hydrogen-bond donors (Lipinski definition) is 2. The third kappa shape index (κ3) is 5.99. The average Bonchev–Trinajstić information content (AvgIpc) is 3.15. The first kappa shape index (κ1) is 23.6. The minimum absolute atomic E-state index is 0.135. The summed E-state index contributed by atoms with van der Waals surface area (Å²) >= 11 is 7.36. The Morgan fingerprint density at radius 2 is 1.97 bits per heavy atom. The highest BCUT2D eigenvalue weighted by Gasteiger charge is 2.16. The zero-order chi connectivity index (χ0) is 23.1. The largest absolute Gasteiger partial charge is 0.345 e. The Morgan fingerprint density at radius 1 is 1.19 bits per heavy atom. The normalized spacial score (nSPS) is 10.6. The van der Waals surface area contributed by atoms with Crippen LogP contribution in [0.1, 0.15) is 27.3 Å². The van der Waals surface area contributed by atoms with Crippen molar-refractivity contribution in [2.24, 2.45) is 0 Å². The lowest BCUT2D eigenvalue weighted by Crippen LogP contribution is -2.25. The van der Waals surface area contributed by atoms with Crippen LogP contribution < -0.4 is 10.6 Å². The Labute approximate surface area is 196 Å². The molecule has 1 aromatic heterocycles. The quantitative estimate of drug-likeness (QED) is 0.358. The van der Waals surface area contributed by atoms with Gasteiger partial charge in [0.15, 0.2) is 11.0 Å². The van der Waals surface area contributed by atoms with Gasteiger partial charge >= 0.3 is 0 Å². The number of nitrogens with zero attached hydrogens (tertiary/aromatic N) is 3. The maximum Gasteiger partial charge on any atom is 0.253 e. The predicted molar refractivity (Wildman–Crippen MR) is 128 cm³/mol. The molecule has 2 amide bonds. The molecule has 0 saturated heterocycles. The number of carbonyl (C=O) groups excluding carboxylic acids is 2. The molecule has 3 aromatic rings. The van der Waals surface area contributed by atoms with E-state index in [1.165, 1.54) is 11.8 Å². The number of hydrogen-bond acceptors (Lipinski definition) is 5. The maximum absolute atomic E-state index is 12.4.